The molecule has 0 aliphatic carbocycles. The van der Waals surface area contributed by atoms with Gasteiger partial charge < -0.3 is 5.73 Å². The standard InChI is InChI=1S/C14H16N2OS/c1-10(14(15)17)16-13(12-8-5-9-18-12)11-6-3-2-4-7-11/h2-10,13,16H,1H3,(H2,15,17)/t10-,13+/m0/s1. The molecule has 3 N–H and O–H groups in total. The second-order valence-corrected chi connectivity index (χ2v) is 5.13. The Morgan fingerprint density at radius 2 is 1.94 bits per heavy atom. The van der Waals surface area contributed by atoms with Crippen molar-refractivity contribution in [3.63, 3.8) is 0 Å². The normalized spacial score (nSPS) is 14.1. The van der Waals surface area contributed by atoms with Crippen LogP contribution in [0.3, 0.4) is 0 Å². The quantitative estimate of drug-likeness (QED) is 0.866. The Morgan fingerprint density at radius 3 is 2.50 bits per heavy atom. The summed E-state index contributed by atoms with van der Waals surface area (Å²) in [6.45, 7) is 1.78. The lowest BCUT2D eigenvalue weighted by molar-refractivity contribution is -0.119. The number of nitrogens with two attached hydrogens (primary N) is 1. The van der Waals surface area contributed by atoms with Gasteiger partial charge in [-0.1, -0.05) is 36.4 Å². The number of carbonyl (C=O) groups excluding carboxylic acids is 1. The van der Waals surface area contributed by atoms with Gasteiger partial charge in [0.05, 0.1) is 12.1 Å². The predicted octanol–water partition coefficient (Wildman–Crippen LogP) is 2.30. The summed E-state index contributed by atoms with van der Waals surface area (Å²) in [7, 11) is 0. The summed E-state index contributed by atoms with van der Waals surface area (Å²) in [5.41, 5.74) is 6.45. The Morgan fingerprint density at radius 1 is 1.22 bits per heavy atom. The van der Waals surface area contributed by atoms with Gasteiger partial charge in [-0.25, -0.2) is 0 Å². The van der Waals surface area contributed by atoms with Crippen LogP contribution in [-0.2, 0) is 4.79 Å². The molecule has 18 heavy (non-hydrogen) atoms. The summed E-state index contributed by atoms with van der Waals surface area (Å²) >= 11 is 1.66. The molecule has 0 bridgehead atoms. The van der Waals surface area contributed by atoms with E-state index in [1.807, 2.05) is 41.8 Å². The minimum atomic E-state index is -0.364. The van der Waals surface area contributed by atoms with Crippen LogP contribution in [0.1, 0.15) is 23.4 Å². The van der Waals surface area contributed by atoms with Crippen LogP contribution in [0.5, 0.6) is 0 Å². The third kappa shape index (κ3) is 2.97. The van der Waals surface area contributed by atoms with E-state index >= 15 is 0 Å². The monoisotopic (exact) mass is 260 g/mol. The highest BCUT2D eigenvalue weighted by Crippen LogP contribution is 2.26. The molecule has 1 aromatic heterocycles. The fourth-order valence-electron chi connectivity index (χ4n) is 1.78. The number of carbonyl (C=O) groups is 1. The van der Waals surface area contributed by atoms with Crippen molar-refractivity contribution in [2.24, 2.45) is 5.73 Å². The van der Waals surface area contributed by atoms with Gasteiger partial charge in [0.15, 0.2) is 0 Å². The summed E-state index contributed by atoms with van der Waals surface area (Å²) in [5, 5.41) is 5.30. The van der Waals surface area contributed by atoms with Gasteiger partial charge in [-0.05, 0) is 23.9 Å². The van der Waals surface area contributed by atoms with E-state index in [-0.39, 0.29) is 18.0 Å². The van der Waals surface area contributed by atoms with Crippen molar-refractivity contribution < 1.29 is 4.79 Å². The van der Waals surface area contributed by atoms with Crippen molar-refractivity contribution in [3.05, 3.63) is 58.3 Å². The first-order valence-electron chi connectivity index (χ1n) is 5.82. The van der Waals surface area contributed by atoms with Crippen LogP contribution in [0.2, 0.25) is 0 Å². The van der Waals surface area contributed by atoms with E-state index in [4.69, 9.17) is 5.73 Å². The molecule has 0 radical (unpaired) electrons. The molecular weight excluding hydrogens is 244 g/mol. The highest BCUT2D eigenvalue weighted by molar-refractivity contribution is 7.10. The summed E-state index contributed by atoms with van der Waals surface area (Å²) in [6, 6.07) is 13.8. The minimum absolute atomic E-state index is 0.00806. The van der Waals surface area contributed by atoms with Crippen LogP contribution < -0.4 is 11.1 Å². The lowest BCUT2D eigenvalue weighted by atomic mass is 10.0. The molecule has 2 atom stereocenters. The largest absolute Gasteiger partial charge is 0.368 e. The zero-order valence-corrected chi connectivity index (χ0v) is 11.0. The molecule has 0 aliphatic rings. The lowest BCUT2D eigenvalue weighted by Crippen LogP contribution is -2.40. The highest BCUT2D eigenvalue weighted by atomic mass is 32.1. The first-order chi connectivity index (χ1) is 8.68. The van der Waals surface area contributed by atoms with Crippen LogP contribution in [0.15, 0.2) is 47.8 Å². The smallest absolute Gasteiger partial charge is 0.234 e. The Balaban J connectivity index is 2.27. The van der Waals surface area contributed by atoms with Crippen LogP contribution in [0, 0.1) is 0 Å². The Labute approximate surface area is 111 Å². The SMILES string of the molecule is C[C@H](N[C@H](c1ccccc1)c1cccs1)C(N)=O. The van der Waals surface area contributed by atoms with Gasteiger partial charge in [0.1, 0.15) is 0 Å². The number of benzene rings is 1. The number of nitrogens with one attached hydrogen (secondary N) is 1. The molecule has 0 aliphatic heterocycles. The number of rotatable bonds is 5. The van der Waals surface area contributed by atoms with Crippen molar-refractivity contribution in [2.45, 2.75) is 19.0 Å². The van der Waals surface area contributed by atoms with Crippen molar-refractivity contribution in [3.8, 4) is 0 Å². The van der Waals surface area contributed by atoms with Gasteiger partial charge in [0, 0.05) is 4.88 Å². The van der Waals surface area contributed by atoms with E-state index in [0.717, 1.165) is 5.56 Å². The summed E-state index contributed by atoms with van der Waals surface area (Å²) in [5.74, 6) is -0.340. The van der Waals surface area contributed by atoms with E-state index in [0.29, 0.717) is 0 Å². The molecule has 1 heterocycles. The third-order valence-corrected chi connectivity index (χ3v) is 3.74. The average molecular weight is 260 g/mol. The molecule has 94 valence electrons. The van der Waals surface area contributed by atoms with Gasteiger partial charge in [0.2, 0.25) is 5.91 Å². The number of thiophene rings is 1. The molecule has 0 unspecified atom stereocenters. The lowest BCUT2D eigenvalue weighted by Gasteiger charge is -2.21. The summed E-state index contributed by atoms with van der Waals surface area (Å²) in [6.07, 6.45) is 0. The van der Waals surface area contributed by atoms with Crippen LogP contribution in [-0.4, -0.2) is 11.9 Å². The van der Waals surface area contributed by atoms with Crippen molar-refractivity contribution in [2.75, 3.05) is 0 Å². The molecule has 0 fully saturated rings. The number of amides is 1. The zero-order chi connectivity index (χ0) is 13.0. The molecule has 1 amide bonds. The fourth-order valence-corrected chi connectivity index (χ4v) is 2.59. The van der Waals surface area contributed by atoms with Crippen molar-refractivity contribution >= 4 is 17.2 Å². The molecule has 0 saturated heterocycles. The minimum Gasteiger partial charge on any atom is -0.368 e. The van der Waals surface area contributed by atoms with Crippen LogP contribution in [0.25, 0.3) is 0 Å². The predicted molar refractivity (Wildman–Crippen MR) is 74.4 cm³/mol. The van der Waals surface area contributed by atoms with Gasteiger partial charge in [0.25, 0.3) is 0 Å². The Hall–Kier alpha value is -1.65. The topological polar surface area (TPSA) is 55.1 Å². The molecule has 2 aromatic rings. The molecule has 0 saturated carbocycles. The summed E-state index contributed by atoms with van der Waals surface area (Å²) in [4.78, 5) is 12.4. The maximum absolute atomic E-state index is 11.2. The van der Waals surface area contributed by atoms with E-state index in [1.54, 1.807) is 18.3 Å². The maximum Gasteiger partial charge on any atom is 0.234 e. The second kappa shape index (κ2) is 5.80. The van der Waals surface area contributed by atoms with Gasteiger partial charge in [-0.15, -0.1) is 11.3 Å². The molecule has 4 heteroatoms. The van der Waals surface area contributed by atoms with E-state index in [1.165, 1.54) is 4.88 Å². The maximum atomic E-state index is 11.2. The van der Waals surface area contributed by atoms with E-state index in [2.05, 4.69) is 11.4 Å². The molecule has 3 nitrogen and oxygen atoms in total. The molecule has 2 rings (SSSR count). The molecular formula is C14H16N2OS. The zero-order valence-electron chi connectivity index (χ0n) is 10.2. The van der Waals surface area contributed by atoms with Crippen LogP contribution in [0.4, 0.5) is 0 Å². The first-order valence-corrected chi connectivity index (χ1v) is 6.70. The van der Waals surface area contributed by atoms with Crippen LogP contribution >= 0.6 is 11.3 Å². The Kier molecular flexibility index (Phi) is 4.12. The molecule has 0 spiro atoms. The van der Waals surface area contributed by atoms with E-state index in [9.17, 15) is 4.79 Å². The van der Waals surface area contributed by atoms with Crippen molar-refractivity contribution in [1.29, 1.82) is 0 Å². The van der Waals surface area contributed by atoms with Gasteiger partial charge in [-0.3, -0.25) is 10.1 Å². The van der Waals surface area contributed by atoms with Crippen molar-refractivity contribution in [1.82, 2.24) is 5.32 Å². The second-order valence-electron chi connectivity index (χ2n) is 4.15. The van der Waals surface area contributed by atoms with E-state index < -0.39 is 0 Å². The Bertz CT molecular complexity index is 496. The fraction of sp³-hybridized carbons (Fsp3) is 0.214. The summed E-state index contributed by atoms with van der Waals surface area (Å²) < 4.78 is 0. The van der Waals surface area contributed by atoms with Gasteiger partial charge in [-0.2, -0.15) is 0 Å². The first kappa shape index (κ1) is 12.8. The number of hydrogen-bond acceptors (Lipinski definition) is 3. The average Bonchev–Trinajstić information content (AvgIpc) is 2.90. The number of primary amides is 1. The highest BCUT2D eigenvalue weighted by Gasteiger charge is 2.19. The third-order valence-electron chi connectivity index (χ3n) is 2.80. The van der Waals surface area contributed by atoms with Gasteiger partial charge >= 0.3 is 0 Å². The number of hydrogen-bond donors (Lipinski definition) is 2. The molecule has 1 aromatic carbocycles.